The van der Waals surface area contributed by atoms with Crippen molar-refractivity contribution in [3.63, 3.8) is 0 Å². The highest BCUT2D eigenvalue weighted by atomic mass is 32.2. The summed E-state index contributed by atoms with van der Waals surface area (Å²) in [5, 5.41) is 19.5. The number of benzene rings is 1. The Bertz CT molecular complexity index is 1060. The fourth-order valence-corrected chi connectivity index (χ4v) is 8.09. The average molecular weight is 538 g/mol. The van der Waals surface area contributed by atoms with Crippen molar-refractivity contribution in [2.75, 3.05) is 31.9 Å². The number of aryl methyl sites for hydroxylation is 1. The number of carbonyl (C=O) groups excluding carboxylic acids is 2. The zero-order valence-electron chi connectivity index (χ0n) is 21.5. The van der Waals surface area contributed by atoms with Crippen LogP contribution in [0.15, 0.2) is 24.3 Å². The second kappa shape index (κ2) is 11.7. The molecule has 2 atom stereocenters. The Labute approximate surface area is 219 Å². The molecule has 3 aliphatic rings. The number of sulfonamides is 1. The van der Waals surface area contributed by atoms with Crippen molar-refractivity contribution >= 4 is 22.0 Å². The molecule has 4 rings (SSSR count). The van der Waals surface area contributed by atoms with Gasteiger partial charge >= 0.3 is 6.09 Å². The zero-order chi connectivity index (χ0) is 26.6. The van der Waals surface area contributed by atoms with E-state index in [1.807, 2.05) is 12.1 Å². The van der Waals surface area contributed by atoms with Crippen molar-refractivity contribution in [3.05, 3.63) is 35.4 Å². The quantitative estimate of drug-likeness (QED) is 0.375. The van der Waals surface area contributed by atoms with Crippen LogP contribution >= 0.6 is 0 Å². The van der Waals surface area contributed by atoms with Gasteiger partial charge in [0.1, 0.15) is 6.10 Å². The third-order valence-corrected chi connectivity index (χ3v) is 10.5. The lowest BCUT2D eigenvalue weighted by atomic mass is 9.79. The molecule has 3 fully saturated rings. The Morgan fingerprint density at radius 3 is 2.32 bits per heavy atom. The van der Waals surface area contributed by atoms with Crippen LogP contribution in [0.3, 0.4) is 0 Å². The summed E-state index contributed by atoms with van der Waals surface area (Å²) in [4.78, 5) is 26.9. The maximum Gasteiger partial charge on any atom is 0.410 e. The first kappa shape index (κ1) is 27.8. The van der Waals surface area contributed by atoms with E-state index in [0.29, 0.717) is 44.7 Å². The maximum absolute atomic E-state index is 13.4. The number of carbonyl (C=O) groups is 2. The van der Waals surface area contributed by atoms with Gasteiger partial charge in [0.2, 0.25) is 10.0 Å². The van der Waals surface area contributed by atoms with E-state index in [1.54, 1.807) is 5.48 Å². The summed E-state index contributed by atoms with van der Waals surface area (Å²) in [5.41, 5.74) is 2.76. The van der Waals surface area contributed by atoms with Crippen molar-refractivity contribution in [2.24, 2.45) is 5.41 Å². The molecule has 37 heavy (non-hydrogen) atoms. The zero-order valence-corrected chi connectivity index (χ0v) is 22.3. The van der Waals surface area contributed by atoms with E-state index in [1.165, 1.54) is 20.3 Å². The number of hydrogen-bond donors (Lipinski definition) is 3. The van der Waals surface area contributed by atoms with E-state index in [-0.39, 0.29) is 25.9 Å². The van der Waals surface area contributed by atoms with Crippen LogP contribution in [-0.4, -0.2) is 84.1 Å². The first-order valence-electron chi connectivity index (χ1n) is 13.3. The number of rotatable bonds is 6. The highest BCUT2D eigenvalue weighted by molar-refractivity contribution is 7.89. The van der Waals surface area contributed by atoms with Crippen LogP contribution in [0.25, 0.3) is 0 Å². The summed E-state index contributed by atoms with van der Waals surface area (Å²) in [7, 11) is -3.79. The van der Waals surface area contributed by atoms with E-state index >= 15 is 0 Å². The molecule has 10 nitrogen and oxygen atoms in total. The van der Waals surface area contributed by atoms with Crippen molar-refractivity contribution in [1.29, 1.82) is 0 Å². The van der Waals surface area contributed by atoms with Gasteiger partial charge in [-0.1, -0.05) is 30.7 Å². The summed E-state index contributed by atoms with van der Waals surface area (Å²) in [5.74, 6) is -0.882. The number of likely N-dealkylation sites (tertiary alicyclic amines) is 1. The van der Waals surface area contributed by atoms with Crippen molar-refractivity contribution in [3.8, 4) is 0 Å². The Balaban J connectivity index is 1.37. The molecule has 1 aromatic carbocycles. The average Bonchev–Trinajstić information content (AvgIpc) is 2.90. The number of nitrogens with one attached hydrogen (secondary N) is 1. The summed E-state index contributed by atoms with van der Waals surface area (Å²) >= 11 is 0. The van der Waals surface area contributed by atoms with Gasteiger partial charge in [0.25, 0.3) is 5.91 Å². The standard InChI is InChI=1S/C26H39N3O7S/c1-19-6-2-3-7-21(19)20-10-14-29(15-11-20)37(34,35)18-26(24(31)27-33)12-16-28(17-13-26)25(32)36-23-9-5-4-8-22(23)30/h2-3,6-7,20,22-23,30,33H,4-5,8-18H2,1H3,(H,27,31)/t22-,23-/m1/s1. The minimum absolute atomic E-state index is 0.0839. The van der Waals surface area contributed by atoms with Crippen LogP contribution in [0.2, 0.25) is 0 Å². The molecular formula is C26H39N3O7S. The molecule has 0 radical (unpaired) electrons. The van der Waals surface area contributed by atoms with Gasteiger partial charge in [0.15, 0.2) is 0 Å². The van der Waals surface area contributed by atoms with Gasteiger partial charge in [0.05, 0.1) is 17.3 Å². The van der Waals surface area contributed by atoms with Crippen LogP contribution in [0.5, 0.6) is 0 Å². The van der Waals surface area contributed by atoms with Gasteiger partial charge in [-0.25, -0.2) is 23.0 Å². The third-order valence-electron chi connectivity index (χ3n) is 8.42. The summed E-state index contributed by atoms with van der Waals surface area (Å²) in [6.07, 6.45) is 2.77. The van der Waals surface area contributed by atoms with Crippen molar-refractivity contribution < 1.29 is 33.1 Å². The smallest absolute Gasteiger partial charge is 0.410 e. The van der Waals surface area contributed by atoms with Gasteiger partial charge in [0, 0.05) is 26.2 Å². The summed E-state index contributed by atoms with van der Waals surface area (Å²) in [6.45, 7) is 3.07. The first-order valence-corrected chi connectivity index (χ1v) is 14.9. The van der Waals surface area contributed by atoms with Gasteiger partial charge in [-0.2, -0.15) is 0 Å². The van der Waals surface area contributed by atoms with Crippen LogP contribution in [0.1, 0.15) is 68.4 Å². The van der Waals surface area contributed by atoms with Gasteiger partial charge in [-0.05, 0) is 68.9 Å². The van der Waals surface area contributed by atoms with Crippen LogP contribution in [0, 0.1) is 12.3 Å². The van der Waals surface area contributed by atoms with E-state index in [4.69, 9.17) is 4.74 Å². The molecular weight excluding hydrogens is 498 g/mol. The summed E-state index contributed by atoms with van der Waals surface area (Å²) < 4.78 is 33.8. The predicted octanol–water partition coefficient (Wildman–Crippen LogP) is 2.53. The molecule has 206 valence electrons. The molecule has 1 aliphatic carbocycles. The highest BCUT2D eigenvalue weighted by Crippen LogP contribution is 2.37. The number of hydroxylamine groups is 1. The predicted molar refractivity (Wildman–Crippen MR) is 136 cm³/mol. The Morgan fingerprint density at radius 2 is 1.70 bits per heavy atom. The fourth-order valence-electron chi connectivity index (χ4n) is 6.02. The molecule has 2 amide bonds. The second-order valence-corrected chi connectivity index (χ2v) is 12.7. The van der Waals surface area contributed by atoms with Crippen LogP contribution in [-0.2, 0) is 19.6 Å². The minimum atomic E-state index is -3.79. The van der Waals surface area contributed by atoms with Crippen LogP contribution < -0.4 is 5.48 Å². The van der Waals surface area contributed by atoms with Gasteiger partial charge in [-0.15, -0.1) is 0 Å². The third kappa shape index (κ3) is 6.27. The van der Waals surface area contributed by atoms with E-state index in [9.17, 15) is 28.3 Å². The SMILES string of the molecule is Cc1ccccc1C1CCN(S(=O)(=O)CC2(C(=O)NO)CCN(C(=O)O[C@@H]3CCCC[C@H]3O)CC2)CC1. The topological polar surface area (TPSA) is 136 Å². The number of amides is 2. The van der Waals surface area contributed by atoms with Crippen molar-refractivity contribution in [2.45, 2.75) is 76.4 Å². The van der Waals surface area contributed by atoms with E-state index in [0.717, 1.165) is 12.8 Å². The van der Waals surface area contributed by atoms with E-state index < -0.39 is 45.4 Å². The fraction of sp³-hybridized carbons (Fsp3) is 0.692. The molecule has 0 aromatic heterocycles. The highest BCUT2D eigenvalue weighted by Gasteiger charge is 2.47. The normalized spacial score (nSPS) is 25.4. The first-order chi connectivity index (χ1) is 17.6. The maximum atomic E-state index is 13.4. The van der Waals surface area contributed by atoms with Crippen molar-refractivity contribution in [1.82, 2.24) is 14.7 Å². The number of aliphatic hydroxyl groups excluding tert-OH is 1. The van der Waals surface area contributed by atoms with Crippen LogP contribution in [0.4, 0.5) is 4.79 Å². The molecule has 1 saturated carbocycles. The number of hydrogen-bond acceptors (Lipinski definition) is 7. The number of aliphatic hydroxyl groups is 1. The largest absolute Gasteiger partial charge is 0.443 e. The molecule has 1 aromatic rings. The van der Waals surface area contributed by atoms with E-state index in [2.05, 4.69) is 19.1 Å². The minimum Gasteiger partial charge on any atom is -0.443 e. The Morgan fingerprint density at radius 1 is 1.05 bits per heavy atom. The molecule has 2 heterocycles. The molecule has 11 heteroatoms. The Hall–Kier alpha value is -2.21. The number of nitrogens with zero attached hydrogens (tertiary/aromatic N) is 2. The van der Waals surface area contributed by atoms with Gasteiger partial charge in [-0.3, -0.25) is 10.0 Å². The Kier molecular flexibility index (Phi) is 8.77. The molecule has 3 N–H and O–H groups in total. The summed E-state index contributed by atoms with van der Waals surface area (Å²) in [6, 6.07) is 8.16. The monoisotopic (exact) mass is 537 g/mol. The molecule has 0 bridgehead atoms. The molecule has 0 unspecified atom stereocenters. The molecule has 0 spiro atoms. The molecule has 2 saturated heterocycles. The number of piperidine rings is 2. The lowest BCUT2D eigenvalue weighted by molar-refractivity contribution is -0.141. The molecule has 2 aliphatic heterocycles. The second-order valence-electron chi connectivity index (χ2n) is 10.8. The number of ether oxygens (including phenoxy) is 1. The lowest BCUT2D eigenvalue weighted by Gasteiger charge is -2.41. The lowest BCUT2D eigenvalue weighted by Crippen LogP contribution is -2.55. The van der Waals surface area contributed by atoms with Gasteiger partial charge < -0.3 is 14.7 Å².